The van der Waals surface area contributed by atoms with E-state index < -0.39 is 0 Å². The van der Waals surface area contributed by atoms with Crippen molar-refractivity contribution >= 4 is 11.3 Å². The second kappa shape index (κ2) is 5.98. The molecular formula is C17H21NOS. The number of aryl methyl sites for hydroxylation is 1. The molecule has 0 saturated carbocycles. The summed E-state index contributed by atoms with van der Waals surface area (Å²) in [6, 6.07) is 11.3. The first-order chi connectivity index (χ1) is 9.83. The molecule has 1 atom stereocenters. The van der Waals surface area contributed by atoms with Crippen LogP contribution in [0.4, 0.5) is 0 Å². The molecule has 1 aromatic heterocycles. The van der Waals surface area contributed by atoms with Crippen molar-refractivity contribution in [2.45, 2.75) is 32.7 Å². The lowest BCUT2D eigenvalue weighted by Crippen LogP contribution is -2.21. The van der Waals surface area contributed by atoms with Gasteiger partial charge < -0.3 is 10.1 Å². The smallest absolute Gasteiger partial charge is 0.127 e. The van der Waals surface area contributed by atoms with E-state index in [4.69, 9.17) is 4.74 Å². The van der Waals surface area contributed by atoms with Crippen molar-refractivity contribution in [3.05, 3.63) is 51.2 Å². The molecule has 0 aliphatic carbocycles. The van der Waals surface area contributed by atoms with E-state index in [9.17, 15) is 0 Å². The second-order valence-corrected chi connectivity index (χ2v) is 6.28. The molecule has 0 saturated heterocycles. The van der Waals surface area contributed by atoms with Crippen molar-refractivity contribution in [1.29, 1.82) is 0 Å². The van der Waals surface area contributed by atoms with Gasteiger partial charge in [0.25, 0.3) is 0 Å². The van der Waals surface area contributed by atoms with Gasteiger partial charge in [0, 0.05) is 21.7 Å². The Balaban J connectivity index is 2.00. The number of benzene rings is 1. The van der Waals surface area contributed by atoms with Crippen LogP contribution in [-0.4, -0.2) is 13.2 Å². The lowest BCUT2D eigenvalue weighted by Gasteiger charge is -2.19. The number of hydrogen-bond acceptors (Lipinski definition) is 3. The van der Waals surface area contributed by atoms with E-state index in [1.165, 1.54) is 20.9 Å². The summed E-state index contributed by atoms with van der Waals surface area (Å²) < 4.78 is 5.88. The lowest BCUT2D eigenvalue weighted by atomic mass is 10.0. The van der Waals surface area contributed by atoms with Crippen molar-refractivity contribution < 1.29 is 4.74 Å². The topological polar surface area (TPSA) is 21.3 Å². The van der Waals surface area contributed by atoms with Gasteiger partial charge in [0.15, 0.2) is 0 Å². The van der Waals surface area contributed by atoms with Crippen LogP contribution in [-0.2, 0) is 12.8 Å². The molecule has 3 heteroatoms. The SMILES string of the molecule is CCNC(c1ccc(CC)s1)c1cccc2c1OCC2. The summed E-state index contributed by atoms with van der Waals surface area (Å²) >= 11 is 1.90. The van der Waals surface area contributed by atoms with Crippen molar-refractivity contribution in [2.75, 3.05) is 13.2 Å². The number of rotatable bonds is 5. The Hall–Kier alpha value is -1.32. The number of nitrogens with one attached hydrogen (secondary N) is 1. The van der Waals surface area contributed by atoms with E-state index in [1.54, 1.807) is 0 Å². The third-order valence-corrected chi connectivity index (χ3v) is 5.07. The molecule has 0 bridgehead atoms. The van der Waals surface area contributed by atoms with Crippen molar-refractivity contribution in [2.24, 2.45) is 0 Å². The summed E-state index contributed by atoms with van der Waals surface area (Å²) in [5.74, 6) is 1.10. The Morgan fingerprint density at radius 2 is 2.15 bits per heavy atom. The van der Waals surface area contributed by atoms with Gasteiger partial charge in [-0.25, -0.2) is 0 Å². The summed E-state index contributed by atoms with van der Waals surface area (Å²) in [5, 5.41) is 3.61. The molecule has 1 unspecified atom stereocenters. The normalized spacial score (nSPS) is 14.9. The summed E-state index contributed by atoms with van der Waals surface area (Å²) in [6.07, 6.45) is 2.14. The molecule has 2 heterocycles. The highest BCUT2D eigenvalue weighted by molar-refractivity contribution is 7.12. The fraction of sp³-hybridized carbons (Fsp3) is 0.412. The van der Waals surface area contributed by atoms with E-state index in [1.807, 2.05) is 11.3 Å². The van der Waals surface area contributed by atoms with Gasteiger partial charge in [-0.15, -0.1) is 11.3 Å². The molecule has 0 fully saturated rings. The van der Waals surface area contributed by atoms with E-state index >= 15 is 0 Å². The predicted molar refractivity (Wildman–Crippen MR) is 84.9 cm³/mol. The molecule has 106 valence electrons. The molecule has 1 aromatic carbocycles. The Kier molecular flexibility index (Phi) is 4.08. The van der Waals surface area contributed by atoms with Crippen molar-refractivity contribution in [3.63, 3.8) is 0 Å². The van der Waals surface area contributed by atoms with Crippen LogP contribution in [0.3, 0.4) is 0 Å². The highest BCUT2D eigenvalue weighted by Gasteiger charge is 2.23. The maximum atomic E-state index is 5.88. The fourth-order valence-corrected chi connectivity index (χ4v) is 3.82. The van der Waals surface area contributed by atoms with Gasteiger partial charge >= 0.3 is 0 Å². The molecule has 20 heavy (non-hydrogen) atoms. The van der Waals surface area contributed by atoms with E-state index in [0.29, 0.717) is 0 Å². The zero-order chi connectivity index (χ0) is 13.9. The monoisotopic (exact) mass is 287 g/mol. The molecule has 1 N–H and O–H groups in total. The van der Waals surface area contributed by atoms with Gasteiger partial charge in [-0.3, -0.25) is 0 Å². The quantitative estimate of drug-likeness (QED) is 0.899. The van der Waals surface area contributed by atoms with Crippen molar-refractivity contribution in [1.82, 2.24) is 5.32 Å². The summed E-state index contributed by atoms with van der Waals surface area (Å²) in [5.41, 5.74) is 2.63. The fourth-order valence-electron chi connectivity index (χ4n) is 2.78. The van der Waals surface area contributed by atoms with Crippen LogP contribution in [0.15, 0.2) is 30.3 Å². The minimum absolute atomic E-state index is 0.248. The summed E-state index contributed by atoms with van der Waals surface area (Å²) in [4.78, 5) is 2.82. The van der Waals surface area contributed by atoms with Crippen LogP contribution in [0.5, 0.6) is 5.75 Å². The van der Waals surface area contributed by atoms with Crippen LogP contribution in [0.2, 0.25) is 0 Å². The highest BCUT2D eigenvalue weighted by atomic mass is 32.1. The minimum atomic E-state index is 0.248. The van der Waals surface area contributed by atoms with Crippen LogP contribution < -0.4 is 10.1 Å². The van der Waals surface area contributed by atoms with Crippen LogP contribution in [0, 0.1) is 0 Å². The van der Waals surface area contributed by atoms with Crippen molar-refractivity contribution in [3.8, 4) is 5.75 Å². The van der Waals surface area contributed by atoms with Crippen LogP contribution in [0.1, 0.15) is 40.8 Å². The third-order valence-electron chi connectivity index (χ3n) is 3.78. The van der Waals surface area contributed by atoms with Crippen LogP contribution in [0.25, 0.3) is 0 Å². The Bertz CT molecular complexity index is 590. The maximum Gasteiger partial charge on any atom is 0.127 e. The van der Waals surface area contributed by atoms with Gasteiger partial charge in [-0.1, -0.05) is 32.0 Å². The number of ether oxygens (including phenoxy) is 1. The van der Waals surface area contributed by atoms with E-state index in [2.05, 4.69) is 49.5 Å². The predicted octanol–water partition coefficient (Wildman–Crippen LogP) is 3.94. The zero-order valence-electron chi connectivity index (χ0n) is 12.1. The number of hydrogen-bond donors (Lipinski definition) is 1. The molecule has 2 aromatic rings. The van der Waals surface area contributed by atoms with Crippen LogP contribution >= 0.6 is 11.3 Å². The molecular weight excluding hydrogens is 266 g/mol. The highest BCUT2D eigenvalue weighted by Crippen LogP contribution is 2.38. The Labute approximate surface area is 124 Å². The number of fused-ring (bicyclic) bond motifs is 1. The molecule has 0 amide bonds. The average molecular weight is 287 g/mol. The maximum absolute atomic E-state index is 5.88. The Morgan fingerprint density at radius 3 is 2.90 bits per heavy atom. The first-order valence-corrected chi connectivity index (χ1v) is 8.21. The third kappa shape index (κ3) is 2.48. The first-order valence-electron chi connectivity index (χ1n) is 7.40. The van der Waals surface area contributed by atoms with E-state index in [0.717, 1.165) is 31.7 Å². The average Bonchev–Trinajstić information content (AvgIpc) is 3.12. The first kappa shape index (κ1) is 13.7. The summed E-state index contributed by atoms with van der Waals surface area (Å²) in [6.45, 7) is 6.14. The van der Waals surface area contributed by atoms with Gasteiger partial charge in [-0.2, -0.15) is 0 Å². The van der Waals surface area contributed by atoms with Gasteiger partial charge in [-0.05, 0) is 30.7 Å². The van der Waals surface area contributed by atoms with Gasteiger partial charge in [0.05, 0.1) is 12.6 Å². The largest absolute Gasteiger partial charge is 0.493 e. The minimum Gasteiger partial charge on any atom is -0.493 e. The molecule has 0 radical (unpaired) electrons. The standard InChI is InChI=1S/C17H21NOS/c1-3-13-8-9-15(20-13)16(18-4-2)14-7-5-6-12-10-11-19-17(12)14/h5-9,16,18H,3-4,10-11H2,1-2H3. The Morgan fingerprint density at radius 1 is 1.25 bits per heavy atom. The molecule has 1 aliphatic rings. The second-order valence-electron chi connectivity index (χ2n) is 5.08. The number of thiophene rings is 1. The molecule has 2 nitrogen and oxygen atoms in total. The zero-order valence-corrected chi connectivity index (χ0v) is 12.9. The van der Waals surface area contributed by atoms with Gasteiger partial charge in [0.2, 0.25) is 0 Å². The molecule has 1 aliphatic heterocycles. The lowest BCUT2D eigenvalue weighted by molar-refractivity contribution is 0.351. The van der Waals surface area contributed by atoms with E-state index in [-0.39, 0.29) is 6.04 Å². The molecule has 3 rings (SSSR count). The number of para-hydroxylation sites is 1. The summed E-state index contributed by atoms with van der Waals surface area (Å²) in [7, 11) is 0. The van der Waals surface area contributed by atoms with Gasteiger partial charge in [0.1, 0.15) is 5.75 Å². The molecule has 0 spiro atoms.